The fourth-order valence-corrected chi connectivity index (χ4v) is 2.04. The second-order valence-electron chi connectivity index (χ2n) is 2.32. The fourth-order valence-electron chi connectivity index (χ4n) is 0.875. The van der Waals surface area contributed by atoms with Gasteiger partial charge in [-0.05, 0) is 57.3 Å². The zero-order valence-corrected chi connectivity index (χ0v) is 11.1. The van der Waals surface area contributed by atoms with E-state index in [0.29, 0.717) is 11.3 Å². The van der Waals surface area contributed by atoms with Crippen LogP contribution in [0.3, 0.4) is 0 Å². The summed E-state index contributed by atoms with van der Waals surface area (Å²) in [6, 6.07) is 3.57. The highest BCUT2D eigenvalue weighted by Gasteiger charge is 2.15. The number of hydrogen-bond donors (Lipinski definition) is 1. The lowest BCUT2D eigenvalue weighted by Crippen LogP contribution is -2.08. The molecule has 5 heteroatoms. The van der Waals surface area contributed by atoms with Crippen molar-refractivity contribution in [3.63, 3.8) is 0 Å². The number of hydrogen-bond acceptors (Lipinski definition) is 3. The van der Waals surface area contributed by atoms with Gasteiger partial charge < -0.3 is 10.5 Å². The minimum atomic E-state index is -0.389. The van der Waals surface area contributed by atoms with Gasteiger partial charge in [0, 0.05) is 12.8 Å². The maximum atomic E-state index is 11.3. The van der Waals surface area contributed by atoms with E-state index in [0.717, 1.165) is 7.14 Å². The van der Waals surface area contributed by atoms with Gasteiger partial charge in [0.05, 0.1) is 12.7 Å². The van der Waals surface area contributed by atoms with Crippen LogP contribution in [0, 0.1) is 7.14 Å². The molecule has 1 rings (SSSR count). The number of nitrogen functional groups attached to an aromatic ring is 1. The number of rotatable bonds is 1. The summed E-state index contributed by atoms with van der Waals surface area (Å²) in [5.41, 5.74) is 6.57. The van der Waals surface area contributed by atoms with Gasteiger partial charge in [0.25, 0.3) is 0 Å². The van der Waals surface area contributed by atoms with Crippen molar-refractivity contribution in [3.8, 4) is 0 Å². The van der Waals surface area contributed by atoms with Crippen LogP contribution in [-0.4, -0.2) is 13.1 Å². The molecule has 0 saturated carbocycles. The topological polar surface area (TPSA) is 52.3 Å². The van der Waals surface area contributed by atoms with Gasteiger partial charge in [-0.15, -0.1) is 0 Å². The van der Waals surface area contributed by atoms with Gasteiger partial charge in [-0.3, -0.25) is 0 Å². The molecule has 13 heavy (non-hydrogen) atoms. The minimum absolute atomic E-state index is 0.389. The van der Waals surface area contributed by atoms with E-state index < -0.39 is 0 Å². The summed E-state index contributed by atoms with van der Waals surface area (Å²) in [5, 5.41) is 0. The van der Waals surface area contributed by atoms with Crippen molar-refractivity contribution < 1.29 is 9.53 Å². The predicted molar refractivity (Wildman–Crippen MR) is 67.6 cm³/mol. The summed E-state index contributed by atoms with van der Waals surface area (Å²) in [5.74, 6) is -0.389. The lowest BCUT2D eigenvalue weighted by Gasteiger charge is -2.07. The van der Waals surface area contributed by atoms with Crippen LogP contribution in [-0.2, 0) is 4.74 Å². The number of methoxy groups -OCH3 is 1. The second-order valence-corrected chi connectivity index (χ2v) is 4.56. The second kappa shape index (κ2) is 4.45. The fraction of sp³-hybridized carbons (Fsp3) is 0.125. The van der Waals surface area contributed by atoms with Gasteiger partial charge in [0.2, 0.25) is 0 Å². The third kappa shape index (κ3) is 2.25. The normalized spacial score (nSPS) is 9.77. The zero-order valence-electron chi connectivity index (χ0n) is 6.80. The third-order valence-corrected chi connectivity index (χ3v) is 4.57. The SMILES string of the molecule is COC(=O)c1c(N)ccc(I)c1I. The molecule has 3 nitrogen and oxygen atoms in total. The minimum Gasteiger partial charge on any atom is -0.465 e. The van der Waals surface area contributed by atoms with Crippen LogP contribution < -0.4 is 5.73 Å². The first kappa shape index (κ1) is 11.0. The maximum Gasteiger partial charge on any atom is 0.341 e. The summed E-state index contributed by atoms with van der Waals surface area (Å²) in [4.78, 5) is 11.3. The summed E-state index contributed by atoms with van der Waals surface area (Å²) in [7, 11) is 1.34. The van der Waals surface area contributed by atoms with Crippen molar-refractivity contribution in [3.05, 3.63) is 24.8 Å². The maximum absolute atomic E-state index is 11.3. The Balaban J connectivity index is 3.33. The largest absolute Gasteiger partial charge is 0.465 e. The summed E-state index contributed by atoms with van der Waals surface area (Å²) in [6.07, 6.45) is 0. The molecule has 0 aliphatic rings. The van der Waals surface area contributed by atoms with Crippen LogP contribution in [0.5, 0.6) is 0 Å². The predicted octanol–water partition coefficient (Wildman–Crippen LogP) is 2.26. The van der Waals surface area contributed by atoms with Crippen LogP contribution in [0.25, 0.3) is 0 Å². The Morgan fingerprint density at radius 3 is 2.62 bits per heavy atom. The molecule has 0 unspecified atom stereocenters. The van der Waals surface area contributed by atoms with Crippen molar-refractivity contribution in [2.45, 2.75) is 0 Å². The Labute approximate surface area is 103 Å². The van der Waals surface area contributed by atoms with Crippen molar-refractivity contribution >= 4 is 56.8 Å². The highest BCUT2D eigenvalue weighted by atomic mass is 127. The van der Waals surface area contributed by atoms with Crippen molar-refractivity contribution in [1.82, 2.24) is 0 Å². The first-order valence-electron chi connectivity index (χ1n) is 3.39. The Bertz CT molecular complexity index is 352. The molecule has 0 bridgehead atoms. The number of halogens is 2. The van der Waals surface area contributed by atoms with Gasteiger partial charge in [0.15, 0.2) is 0 Å². The first-order chi connectivity index (χ1) is 6.07. The van der Waals surface area contributed by atoms with E-state index in [1.54, 1.807) is 6.07 Å². The lowest BCUT2D eigenvalue weighted by atomic mass is 10.2. The third-order valence-electron chi connectivity index (χ3n) is 1.52. The molecule has 0 aliphatic heterocycles. The van der Waals surface area contributed by atoms with E-state index >= 15 is 0 Å². The van der Waals surface area contributed by atoms with Crippen LogP contribution in [0.15, 0.2) is 12.1 Å². The average Bonchev–Trinajstić information content (AvgIpc) is 2.12. The molecule has 0 heterocycles. The smallest absolute Gasteiger partial charge is 0.341 e. The first-order valence-corrected chi connectivity index (χ1v) is 5.55. The Kier molecular flexibility index (Phi) is 3.77. The molecule has 2 N–H and O–H groups in total. The summed E-state index contributed by atoms with van der Waals surface area (Å²) >= 11 is 4.23. The van der Waals surface area contributed by atoms with Crippen molar-refractivity contribution in [2.75, 3.05) is 12.8 Å². The van der Waals surface area contributed by atoms with Crippen molar-refractivity contribution in [2.24, 2.45) is 0 Å². The van der Waals surface area contributed by atoms with Gasteiger partial charge in [-0.1, -0.05) is 0 Å². The van der Waals surface area contributed by atoms with Crippen molar-refractivity contribution in [1.29, 1.82) is 0 Å². The molecular weight excluding hydrogens is 396 g/mol. The molecule has 0 aliphatic carbocycles. The van der Waals surface area contributed by atoms with Crippen LogP contribution >= 0.6 is 45.2 Å². The molecule has 0 spiro atoms. The average molecular weight is 403 g/mol. The van der Waals surface area contributed by atoms with Crippen LogP contribution in [0.1, 0.15) is 10.4 Å². The van der Waals surface area contributed by atoms with E-state index in [2.05, 4.69) is 49.9 Å². The van der Waals surface area contributed by atoms with E-state index in [1.807, 2.05) is 6.07 Å². The van der Waals surface area contributed by atoms with E-state index in [9.17, 15) is 4.79 Å². The van der Waals surface area contributed by atoms with Gasteiger partial charge in [-0.25, -0.2) is 4.79 Å². The van der Waals surface area contributed by atoms with Crippen LogP contribution in [0.2, 0.25) is 0 Å². The van der Waals surface area contributed by atoms with Gasteiger partial charge in [0.1, 0.15) is 0 Å². The summed E-state index contributed by atoms with van der Waals surface area (Å²) < 4.78 is 6.46. The summed E-state index contributed by atoms with van der Waals surface area (Å²) in [6.45, 7) is 0. The molecule has 0 atom stereocenters. The quantitative estimate of drug-likeness (QED) is 0.445. The Hall–Kier alpha value is -0.0500. The highest BCUT2D eigenvalue weighted by Crippen LogP contribution is 2.24. The molecule has 0 fully saturated rings. The molecule has 0 amide bonds. The Morgan fingerprint density at radius 2 is 2.08 bits per heavy atom. The van der Waals surface area contributed by atoms with E-state index in [1.165, 1.54) is 7.11 Å². The van der Waals surface area contributed by atoms with Gasteiger partial charge >= 0.3 is 5.97 Å². The van der Waals surface area contributed by atoms with E-state index in [4.69, 9.17) is 5.73 Å². The number of esters is 1. The molecule has 0 saturated heterocycles. The van der Waals surface area contributed by atoms with E-state index in [-0.39, 0.29) is 5.97 Å². The molecule has 70 valence electrons. The zero-order chi connectivity index (χ0) is 10.0. The molecule has 1 aromatic carbocycles. The monoisotopic (exact) mass is 403 g/mol. The highest BCUT2D eigenvalue weighted by molar-refractivity contribution is 14.1. The molecule has 0 aromatic heterocycles. The molecule has 1 aromatic rings. The number of ether oxygens (including phenoxy) is 1. The number of benzene rings is 1. The standard InChI is InChI=1S/C8H7I2NO2/c1-13-8(12)6-5(11)3-2-4(9)7(6)10/h2-3H,11H2,1H3. The lowest BCUT2D eigenvalue weighted by molar-refractivity contribution is 0.0600. The number of carbonyl (C=O) groups is 1. The molecular formula is C8H7I2NO2. The number of anilines is 1. The Morgan fingerprint density at radius 1 is 1.46 bits per heavy atom. The number of nitrogens with two attached hydrogens (primary N) is 1. The van der Waals surface area contributed by atoms with Gasteiger partial charge in [-0.2, -0.15) is 0 Å². The number of carbonyl (C=O) groups excluding carboxylic acids is 1. The van der Waals surface area contributed by atoms with Crippen LogP contribution in [0.4, 0.5) is 5.69 Å². The molecule has 0 radical (unpaired) electrons.